The van der Waals surface area contributed by atoms with Gasteiger partial charge in [0.2, 0.25) is 0 Å². The first-order valence-corrected chi connectivity index (χ1v) is 15.3. The lowest BCUT2D eigenvalue weighted by atomic mass is 10.0. The summed E-state index contributed by atoms with van der Waals surface area (Å²) in [6.07, 6.45) is 4.39. The van der Waals surface area contributed by atoms with Gasteiger partial charge in [0.1, 0.15) is 6.54 Å². The lowest BCUT2D eigenvalue weighted by Gasteiger charge is -2.17. The number of hydrogen-bond acceptors (Lipinski definition) is 9. The summed E-state index contributed by atoms with van der Waals surface area (Å²) >= 11 is 0. The van der Waals surface area contributed by atoms with Gasteiger partial charge in [0.05, 0.1) is 45.3 Å². The lowest BCUT2D eigenvalue weighted by molar-refractivity contribution is -0.540. The molecule has 0 amide bonds. The second-order valence-electron chi connectivity index (χ2n) is 10.5. The van der Waals surface area contributed by atoms with E-state index in [2.05, 4.69) is 40.0 Å². The molecule has 0 aliphatic carbocycles. The summed E-state index contributed by atoms with van der Waals surface area (Å²) in [4.78, 5) is 37.8. The number of ether oxygens (including phenoxy) is 4. The summed E-state index contributed by atoms with van der Waals surface area (Å²) in [6, 6.07) is 10.4. The van der Waals surface area contributed by atoms with E-state index in [4.69, 9.17) is 18.9 Å². The van der Waals surface area contributed by atoms with Crippen LogP contribution in [0.5, 0.6) is 23.0 Å². The van der Waals surface area contributed by atoms with Crippen LogP contribution in [-0.4, -0.2) is 68.4 Å². The Balaban J connectivity index is 0.000000240. The first kappa shape index (κ1) is 33.8. The fraction of sp³-hybridized carbons (Fsp3) is 0.424. The number of nitrogens with zero attached hydrogens (tertiary/aromatic N) is 5. The Morgan fingerprint density at radius 1 is 0.870 bits per heavy atom. The zero-order valence-electron chi connectivity index (χ0n) is 27.2. The Morgan fingerprint density at radius 2 is 1.48 bits per heavy atom. The number of carbonyl (C=O) groups is 1. The van der Waals surface area contributed by atoms with Crippen molar-refractivity contribution in [3.63, 3.8) is 0 Å². The van der Waals surface area contributed by atoms with Gasteiger partial charge in [-0.3, -0.25) is 13.9 Å². The van der Waals surface area contributed by atoms with Crippen molar-refractivity contribution in [1.29, 1.82) is 0 Å². The van der Waals surface area contributed by atoms with E-state index in [1.165, 1.54) is 41.7 Å². The summed E-state index contributed by atoms with van der Waals surface area (Å²) in [7, 11) is 2.78. The molecule has 2 aromatic carbocycles. The van der Waals surface area contributed by atoms with E-state index in [0.29, 0.717) is 26.4 Å². The molecule has 0 radical (unpaired) electrons. The molecule has 0 N–H and O–H groups in total. The van der Waals surface area contributed by atoms with Gasteiger partial charge in [-0.15, -0.1) is 0 Å². The molecule has 2 aromatic heterocycles. The Morgan fingerprint density at radius 3 is 2.11 bits per heavy atom. The summed E-state index contributed by atoms with van der Waals surface area (Å²) in [5.41, 5.74) is 2.82. The van der Waals surface area contributed by atoms with Crippen molar-refractivity contribution in [1.82, 2.24) is 18.7 Å². The highest BCUT2D eigenvalue weighted by atomic mass is 16.5. The van der Waals surface area contributed by atoms with Gasteiger partial charge in [0.15, 0.2) is 46.9 Å². The maximum atomic E-state index is 11.8. The number of rotatable bonds is 12. The van der Waals surface area contributed by atoms with Crippen LogP contribution in [0.25, 0.3) is 11.2 Å². The zero-order valence-corrected chi connectivity index (χ0v) is 27.2. The number of carboxylic acid groups (broad SMARTS) is 1. The summed E-state index contributed by atoms with van der Waals surface area (Å²) in [6.45, 7) is 11.8. The molecule has 0 bridgehead atoms. The maximum absolute atomic E-state index is 11.8. The molecule has 246 valence electrons. The predicted molar refractivity (Wildman–Crippen MR) is 170 cm³/mol. The molecule has 0 atom stereocenters. The largest absolute Gasteiger partial charge is 0.548 e. The van der Waals surface area contributed by atoms with E-state index in [1.54, 1.807) is 0 Å². The average molecular weight is 636 g/mol. The number of benzene rings is 2. The third kappa shape index (κ3) is 7.59. The first-order valence-electron chi connectivity index (χ1n) is 15.3. The molecule has 3 heterocycles. The fourth-order valence-electron chi connectivity index (χ4n) is 5.23. The van der Waals surface area contributed by atoms with Crippen molar-refractivity contribution in [2.45, 2.75) is 47.2 Å². The molecule has 1 aliphatic rings. The van der Waals surface area contributed by atoms with E-state index >= 15 is 0 Å². The molecule has 4 aromatic rings. The van der Waals surface area contributed by atoms with Crippen LogP contribution in [0.1, 0.15) is 44.4 Å². The summed E-state index contributed by atoms with van der Waals surface area (Å²) in [5.74, 6) is 1.93. The van der Waals surface area contributed by atoms with Crippen LogP contribution in [0.15, 0.2) is 46.2 Å². The van der Waals surface area contributed by atoms with Crippen LogP contribution >= 0.6 is 0 Å². The number of fused-ring (bicyclic) bond motifs is 2. The van der Waals surface area contributed by atoms with E-state index in [0.717, 1.165) is 51.6 Å². The van der Waals surface area contributed by atoms with Gasteiger partial charge in [-0.25, -0.2) is 14.4 Å². The third-order valence-electron chi connectivity index (χ3n) is 7.31. The Labute approximate surface area is 266 Å². The lowest BCUT2D eigenvalue weighted by Crippen LogP contribution is -2.38. The van der Waals surface area contributed by atoms with Gasteiger partial charge in [-0.2, -0.15) is 0 Å². The van der Waals surface area contributed by atoms with Gasteiger partial charge in [0.25, 0.3) is 5.56 Å². The molecule has 0 spiro atoms. The molecular weight excluding hydrogens is 594 g/mol. The molecule has 0 saturated carbocycles. The highest BCUT2D eigenvalue weighted by Gasteiger charge is 2.21. The Bertz CT molecular complexity index is 1850. The highest BCUT2D eigenvalue weighted by Crippen LogP contribution is 2.33. The van der Waals surface area contributed by atoms with E-state index in [1.807, 2.05) is 33.8 Å². The van der Waals surface area contributed by atoms with Gasteiger partial charge in [0, 0.05) is 31.6 Å². The number of carboxylic acids is 1. The quantitative estimate of drug-likeness (QED) is 0.213. The van der Waals surface area contributed by atoms with Gasteiger partial charge < -0.3 is 33.4 Å². The Hall–Kier alpha value is -5.07. The average Bonchev–Trinajstić information content (AvgIpc) is 3.44. The van der Waals surface area contributed by atoms with Crippen molar-refractivity contribution in [2.75, 3.05) is 33.0 Å². The minimum absolute atomic E-state index is 0.0683. The normalized spacial score (nSPS) is 12.1. The van der Waals surface area contributed by atoms with Crippen LogP contribution < -0.4 is 35.3 Å². The van der Waals surface area contributed by atoms with Gasteiger partial charge in [-0.1, -0.05) is 0 Å². The smallest absolute Gasteiger partial charge is 0.332 e. The molecule has 46 heavy (non-hydrogen) atoms. The van der Waals surface area contributed by atoms with Crippen molar-refractivity contribution in [3.8, 4) is 23.0 Å². The summed E-state index contributed by atoms with van der Waals surface area (Å²) in [5, 5.41) is 10.5. The molecule has 13 heteroatoms. The number of hydrogen-bond donors (Lipinski definition) is 0. The number of aromatic nitrogens is 4. The van der Waals surface area contributed by atoms with Crippen molar-refractivity contribution >= 4 is 23.3 Å². The number of aryl methyl sites for hydroxylation is 1. The zero-order chi connectivity index (χ0) is 33.4. The van der Waals surface area contributed by atoms with E-state index < -0.39 is 23.8 Å². The third-order valence-corrected chi connectivity index (χ3v) is 7.31. The molecule has 13 nitrogen and oxygen atoms in total. The van der Waals surface area contributed by atoms with Gasteiger partial charge in [-0.05, 0) is 63.6 Å². The number of carbonyl (C=O) groups excluding carboxylic acids is 1. The van der Waals surface area contributed by atoms with Crippen molar-refractivity contribution in [2.24, 2.45) is 14.1 Å². The SMILES string of the molecule is CCOc1ccc(C[N+]2=Cc3cc(OCC)c(OCC)cc3CC2)cc1OCC.Cn1c(=O)c2c(ncn2CC(=O)[O-])n(C)c1=O. The van der Waals surface area contributed by atoms with Crippen molar-refractivity contribution < 1.29 is 33.4 Å². The van der Waals surface area contributed by atoms with Crippen LogP contribution in [0, 0.1) is 0 Å². The summed E-state index contributed by atoms with van der Waals surface area (Å²) < 4.78 is 28.6. The second-order valence-corrected chi connectivity index (χ2v) is 10.5. The number of aliphatic carboxylic acids is 1. The molecule has 0 fully saturated rings. The highest BCUT2D eigenvalue weighted by molar-refractivity contribution is 5.80. The van der Waals surface area contributed by atoms with E-state index in [9.17, 15) is 19.5 Å². The van der Waals surface area contributed by atoms with Crippen molar-refractivity contribution in [3.05, 3.63) is 74.2 Å². The monoisotopic (exact) mass is 635 g/mol. The topological polar surface area (TPSA) is 142 Å². The Kier molecular flexibility index (Phi) is 11.2. The molecular formula is C33H41N5O8. The second kappa shape index (κ2) is 15.3. The maximum Gasteiger partial charge on any atom is 0.332 e. The standard InChI is InChI=1S/C24H32NO4.C9H10N4O4/c1-5-26-21-10-9-18(13-22(21)27-6-2)16-25-12-11-19-14-23(28-7-3)24(29-8-4)15-20(19)17-25;1-11-7-6(8(16)12(2)9(11)17)13(4-10-7)3-5(14)15/h9-10,13-15,17H,5-8,11-12,16H2,1-4H3;4H,3H2,1-2H3,(H,14,15)/q+1;/p-1. The predicted octanol–water partition coefficient (Wildman–Crippen LogP) is 1.65. The number of imidazole rings is 1. The fourth-order valence-corrected chi connectivity index (χ4v) is 5.23. The first-order chi connectivity index (χ1) is 22.1. The van der Waals surface area contributed by atoms with Crippen LogP contribution in [0.4, 0.5) is 0 Å². The van der Waals surface area contributed by atoms with Crippen LogP contribution in [-0.2, 0) is 38.4 Å². The van der Waals surface area contributed by atoms with Gasteiger partial charge >= 0.3 is 5.69 Å². The van der Waals surface area contributed by atoms with Crippen LogP contribution in [0.2, 0.25) is 0 Å². The molecule has 0 unspecified atom stereocenters. The minimum Gasteiger partial charge on any atom is -0.548 e. The molecule has 0 saturated heterocycles. The molecule has 1 aliphatic heterocycles. The minimum atomic E-state index is -1.33. The van der Waals surface area contributed by atoms with Crippen LogP contribution in [0.3, 0.4) is 0 Å². The molecule has 5 rings (SSSR count). The van der Waals surface area contributed by atoms with E-state index in [-0.39, 0.29) is 11.2 Å².